The Morgan fingerprint density at radius 3 is 2.83 bits per heavy atom. The molecule has 0 aromatic heterocycles. The summed E-state index contributed by atoms with van der Waals surface area (Å²) >= 11 is 5.29. The van der Waals surface area contributed by atoms with Crippen molar-refractivity contribution in [2.75, 3.05) is 6.67 Å². The second-order valence-electron chi connectivity index (χ2n) is 2.43. The van der Waals surface area contributed by atoms with Gasteiger partial charge in [0.25, 0.3) is 5.24 Å². The Balaban J connectivity index is 2.69. The van der Waals surface area contributed by atoms with Gasteiger partial charge in [-0.1, -0.05) is 0 Å². The smallest absolute Gasteiger partial charge is 0.252 e. The van der Waals surface area contributed by atoms with Crippen LogP contribution in [-0.2, 0) is 0 Å². The Labute approximate surface area is 73.4 Å². The molecule has 0 fully saturated rings. The molecule has 0 spiro atoms. The molecule has 1 aromatic rings. The van der Waals surface area contributed by atoms with E-state index in [-0.39, 0.29) is 0 Å². The maximum Gasteiger partial charge on any atom is 0.252 e. The lowest BCUT2D eigenvalue weighted by atomic mass is 10.2. The van der Waals surface area contributed by atoms with Gasteiger partial charge in [-0.15, -0.1) is 0 Å². The summed E-state index contributed by atoms with van der Waals surface area (Å²) in [6.07, 6.45) is 0. The van der Waals surface area contributed by atoms with Crippen LogP contribution in [0.1, 0.15) is 10.4 Å². The zero-order valence-corrected chi connectivity index (χ0v) is 6.88. The molecule has 1 heterocycles. The van der Waals surface area contributed by atoms with Crippen LogP contribution in [0.3, 0.4) is 0 Å². The van der Waals surface area contributed by atoms with Crippen LogP contribution >= 0.6 is 11.6 Å². The van der Waals surface area contributed by atoms with Crippen LogP contribution < -0.4 is 10.7 Å². The highest BCUT2D eigenvalue weighted by molar-refractivity contribution is 6.67. The van der Waals surface area contributed by atoms with Crippen LogP contribution in [0.5, 0.6) is 0 Å². The predicted octanol–water partition coefficient (Wildman–Crippen LogP) is 0.276. The van der Waals surface area contributed by atoms with Crippen LogP contribution in [-0.4, -0.2) is 11.9 Å². The van der Waals surface area contributed by atoms with E-state index < -0.39 is 5.24 Å². The van der Waals surface area contributed by atoms with Crippen LogP contribution in [0.2, 0.25) is 0 Å². The van der Waals surface area contributed by atoms with E-state index in [9.17, 15) is 4.79 Å². The van der Waals surface area contributed by atoms with Gasteiger partial charge in [0.05, 0.1) is 10.7 Å². The molecule has 0 aliphatic carbocycles. The van der Waals surface area contributed by atoms with Gasteiger partial charge in [-0.25, -0.2) is 0 Å². The molecule has 1 aromatic carbocycles. The number of fused-ring (bicyclic) bond motifs is 1. The van der Waals surface area contributed by atoms with E-state index in [2.05, 4.69) is 9.98 Å². The molecule has 0 amide bonds. The van der Waals surface area contributed by atoms with Crippen molar-refractivity contribution in [2.24, 2.45) is 9.98 Å². The average molecular weight is 181 g/mol. The molecule has 0 saturated carbocycles. The highest BCUT2D eigenvalue weighted by atomic mass is 35.5. The van der Waals surface area contributed by atoms with E-state index in [1.54, 1.807) is 18.2 Å². The summed E-state index contributed by atoms with van der Waals surface area (Å²) in [6.45, 7) is 0.454. The highest BCUT2D eigenvalue weighted by Crippen LogP contribution is 1.98. The fourth-order valence-electron chi connectivity index (χ4n) is 1.09. The van der Waals surface area contributed by atoms with Gasteiger partial charge in [-0.3, -0.25) is 14.8 Å². The Kier molecular flexibility index (Phi) is 1.66. The van der Waals surface area contributed by atoms with Gasteiger partial charge in [0.2, 0.25) is 0 Å². The van der Waals surface area contributed by atoms with E-state index in [1.165, 1.54) is 0 Å². The number of hydrogen-bond acceptors (Lipinski definition) is 3. The van der Waals surface area contributed by atoms with Gasteiger partial charge in [-0.2, -0.15) is 0 Å². The molecular formula is C8H5ClN2O. The number of carbonyl (C=O) groups is 1. The summed E-state index contributed by atoms with van der Waals surface area (Å²) in [6, 6.07) is 5.06. The van der Waals surface area contributed by atoms with Gasteiger partial charge >= 0.3 is 0 Å². The molecule has 4 heteroatoms. The van der Waals surface area contributed by atoms with E-state index >= 15 is 0 Å². The number of halogens is 1. The standard InChI is InChI=1S/C8H5ClN2O/c9-8(12)5-1-2-6-7(3-5)11-4-10-6/h1-3H,4H2. The van der Waals surface area contributed by atoms with Crippen LogP contribution in [0, 0.1) is 0 Å². The third-order valence-corrected chi connectivity index (χ3v) is 1.90. The largest absolute Gasteiger partial charge is 0.276 e. The lowest BCUT2D eigenvalue weighted by Crippen LogP contribution is -2.22. The van der Waals surface area contributed by atoms with Crippen molar-refractivity contribution in [1.82, 2.24) is 0 Å². The molecule has 0 unspecified atom stereocenters. The van der Waals surface area contributed by atoms with Crippen molar-refractivity contribution in [1.29, 1.82) is 0 Å². The van der Waals surface area contributed by atoms with Crippen LogP contribution in [0.15, 0.2) is 28.2 Å². The fourth-order valence-corrected chi connectivity index (χ4v) is 1.21. The maximum atomic E-state index is 10.7. The Bertz CT molecular complexity index is 453. The van der Waals surface area contributed by atoms with Crippen molar-refractivity contribution in [3.63, 3.8) is 0 Å². The molecule has 0 radical (unpaired) electrons. The first-order chi connectivity index (χ1) is 5.77. The number of hydrogen-bond donors (Lipinski definition) is 0. The molecule has 1 aliphatic heterocycles. The minimum Gasteiger partial charge on any atom is -0.276 e. The number of rotatable bonds is 1. The first-order valence-corrected chi connectivity index (χ1v) is 3.84. The quantitative estimate of drug-likeness (QED) is 0.573. The minimum absolute atomic E-state index is 0.454. The van der Waals surface area contributed by atoms with Crippen molar-refractivity contribution in [2.45, 2.75) is 0 Å². The summed E-state index contributed by atoms with van der Waals surface area (Å²) in [7, 11) is 0. The van der Waals surface area contributed by atoms with Crippen molar-refractivity contribution < 1.29 is 4.79 Å². The van der Waals surface area contributed by atoms with Crippen molar-refractivity contribution in [3.8, 4) is 0 Å². The Hall–Kier alpha value is -1.22. The van der Waals surface area contributed by atoms with Crippen LogP contribution in [0.4, 0.5) is 0 Å². The molecule has 0 saturated heterocycles. The van der Waals surface area contributed by atoms with E-state index in [0.717, 1.165) is 10.7 Å². The third-order valence-electron chi connectivity index (χ3n) is 1.68. The van der Waals surface area contributed by atoms with Gasteiger partial charge in [0, 0.05) is 5.56 Å². The molecule has 2 rings (SSSR count). The van der Waals surface area contributed by atoms with Gasteiger partial charge in [-0.05, 0) is 29.8 Å². The highest BCUT2D eigenvalue weighted by Gasteiger charge is 2.03. The molecule has 0 N–H and O–H groups in total. The Morgan fingerprint density at radius 1 is 1.33 bits per heavy atom. The lowest BCUT2D eigenvalue weighted by Gasteiger charge is -1.89. The second kappa shape index (κ2) is 2.68. The third kappa shape index (κ3) is 1.12. The second-order valence-corrected chi connectivity index (χ2v) is 2.78. The zero-order valence-electron chi connectivity index (χ0n) is 6.12. The Morgan fingerprint density at radius 2 is 2.08 bits per heavy atom. The average Bonchev–Trinajstić information content (AvgIpc) is 2.49. The van der Waals surface area contributed by atoms with Gasteiger partial charge in [0.1, 0.15) is 6.67 Å². The summed E-state index contributed by atoms with van der Waals surface area (Å²) in [5.74, 6) is 0. The van der Waals surface area contributed by atoms with Gasteiger partial charge < -0.3 is 0 Å². The van der Waals surface area contributed by atoms with E-state index in [0.29, 0.717) is 12.2 Å². The predicted molar refractivity (Wildman–Crippen MR) is 43.8 cm³/mol. The molecular weight excluding hydrogens is 176 g/mol. The molecule has 0 atom stereocenters. The van der Waals surface area contributed by atoms with E-state index in [4.69, 9.17) is 11.6 Å². The minimum atomic E-state index is -0.458. The number of nitrogens with zero attached hydrogens (tertiary/aromatic N) is 2. The maximum absolute atomic E-state index is 10.7. The topological polar surface area (TPSA) is 41.8 Å². The summed E-state index contributed by atoms with van der Waals surface area (Å²) < 4.78 is 0. The zero-order chi connectivity index (χ0) is 8.55. The lowest BCUT2D eigenvalue weighted by molar-refractivity contribution is 0.108. The first-order valence-electron chi connectivity index (χ1n) is 3.46. The van der Waals surface area contributed by atoms with Crippen molar-refractivity contribution in [3.05, 3.63) is 34.5 Å². The number of benzene rings is 1. The first kappa shape index (κ1) is 7.43. The fraction of sp³-hybridized carbons (Fsp3) is 0.125. The number of carbonyl (C=O) groups excluding carboxylic acids is 1. The van der Waals surface area contributed by atoms with Gasteiger partial charge in [0.15, 0.2) is 0 Å². The van der Waals surface area contributed by atoms with Crippen LogP contribution in [0.25, 0.3) is 0 Å². The SMILES string of the molecule is O=C(Cl)c1ccc2c(c1)=NCN=2. The monoisotopic (exact) mass is 180 g/mol. The van der Waals surface area contributed by atoms with E-state index in [1.807, 2.05) is 0 Å². The summed E-state index contributed by atoms with van der Waals surface area (Å²) in [4.78, 5) is 18.9. The molecule has 3 nitrogen and oxygen atoms in total. The molecule has 1 aliphatic rings. The normalized spacial score (nSPS) is 13.1. The summed E-state index contributed by atoms with van der Waals surface area (Å²) in [5, 5.41) is 1.12. The molecule has 12 heavy (non-hydrogen) atoms. The molecule has 0 bridgehead atoms. The molecule has 60 valence electrons. The van der Waals surface area contributed by atoms with Crippen molar-refractivity contribution >= 4 is 16.8 Å². The summed E-state index contributed by atoms with van der Waals surface area (Å²) in [5.41, 5.74) is 0.469.